The van der Waals surface area contributed by atoms with Crippen LogP contribution in [0.5, 0.6) is 0 Å². The highest BCUT2D eigenvalue weighted by atomic mass is 32.2. The summed E-state index contributed by atoms with van der Waals surface area (Å²) in [7, 11) is 0. The Bertz CT molecular complexity index is 1250. The van der Waals surface area contributed by atoms with E-state index in [1.807, 2.05) is 72.4 Å². The van der Waals surface area contributed by atoms with Crippen LogP contribution in [0.1, 0.15) is 87.4 Å². The van der Waals surface area contributed by atoms with Gasteiger partial charge in [-0.1, -0.05) is 112 Å². The zero-order valence-electron chi connectivity index (χ0n) is 27.1. The van der Waals surface area contributed by atoms with Gasteiger partial charge in [0.2, 0.25) is 11.8 Å². The van der Waals surface area contributed by atoms with E-state index in [-0.39, 0.29) is 23.8 Å². The molecule has 2 fully saturated rings. The minimum Gasteiger partial charge on any atom is -0.390 e. The lowest BCUT2D eigenvalue weighted by Crippen LogP contribution is -2.55. The molecular formula is C38H52N4O3S. The average molecular weight is 645 g/mol. The van der Waals surface area contributed by atoms with Gasteiger partial charge in [0, 0.05) is 35.2 Å². The molecule has 0 spiro atoms. The number of carbonyl (C=O) groups excluding carboxylic acids is 2. The molecule has 2 amide bonds. The number of rotatable bonds is 16. The summed E-state index contributed by atoms with van der Waals surface area (Å²) < 4.78 is 0. The Balaban J connectivity index is 1.31. The molecule has 0 saturated heterocycles. The highest BCUT2D eigenvalue weighted by Crippen LogP contribution is 2.31. The minimum absolute atomic E-state index is 0.149. The van der Waals surface area contributed by atoms with Crippen LogP contribution in [-0.4, -0.2) is 56.1 Å². The van der Waals surface area contributed by atoms with Gasteiger partial charge in [-0.3, -0.25) is 9.59 Å². The van der Waals surface area contributed by atoms with Crippen molar-refractivity contribution in [1.29, 1.82) is 0 Å². The van der Waals surface area contributed by atoms with Gasteiger partial charge >= 0.3 is 0 Å². The van der Waals surface area contributed by atoms with Gasteiger partial charge in [-0.2, -0.15) is 11.8 Å². The lowest BCUT2D eigenvalue weighted by Gasteiger charge is -2.32. The van der Waals surface area contributed by atoms with Crippen molar-refractivity contribution in [3.63, 3.8) is 0 Å². The number of benzene rings is 2. The fraction of sp³-hybridized carbons (Fsp3) is 0.553. The number of imidazole rings is 1. The Morgan fingerprint density at radius 1 is 0.804 bits per heavy atom. The van der Waals surface area contributed by atoms with Crippen molar-refractivity contribution in [2.45, 2.75) is 113 Å². The van der Waals surface area contributed by atoms with E-state index < -0.39 is 12.1 Å². The Labute approximate surface area is 279 Å². The second kappa shape index (κ2) is 18.3. The molecule has 0 bridgehead atoms. The number of amides is 2. The molecule has 0 aliphatic heterocycles. The third-order valence-electron chi connectivity index (χ3n) is 9.79. The second-order valence-corrected chi connectivity index (χ2v) is 14.8. The molecule has 248 valence electrons. The molecule has 1 aromatic heterocycles. The molecule has 3 aromatic rings. The zero-order valence-corrected chi connectivity index (χ0v) is 27.9. The van der Waals surface area contributed by atoms with E-state index in [0.29, 0.717) is 36.2 Å². The van der Waals surface area contributed by atoms with Gasteiger partial charge in [-0.25, -0.2) is 4.98 Å². The topological polar surface area (TPSA) is 107 Å². The number of carbonyl (C=O) groups is 2. The number of aliphatic hydroxyl groups excluding tert-OH is 1. The molecular weight excluding hydrogens is 593 g/mol. The highest BCUT2D eigenvalue weighted by Gasteiger charge is 2.32. The summed E-state index contributed by atoms with van der Waals surface area (Å²) in [5.74, 6) is 0.372. The molecule has 2 aliphatic carbocycles. The number of thioether (sulfide) groups is 1. The van der Waals surface area contributed by atoms with Crippen LogP contribution in [0.15, 0.2) is 73.2 Å². The van der Waals surface area contributed by atoms with E-state index >= 15 is 0 Å². The summed E-state index contributed by atoms with van der Waals surface area (Å²) in [6.45, 7) is 0. The van der Waals surface area contributed by atoms with Crippen LogP contribution in [0.25, 0.3) is 0 Å². The first-order valence-electron chi connectivity index (χ1n) is 17.5. The Morgan fingerprint density at radius 2 is 1.41 bits per heavy atom. The van der Waals surface area contributed by atoms with Gasteiger partial charge in [0.1, 0.15) is 6.04 Å². The van der Waals surface area contributed by atoms with Crippen molar-refractivity contribution < 1.29 is 14.7 Å². The summed E-state index contributed by atoms with van der Waals surface area (Å²) in [4.78, 5) is 35.4. The number of nitrogens with one attached hydrogen (secondary N) is 3. The van der Waals surface area contributed by atoms with Crippen molar-refractivity contribution in [2.75, 3.05) is 5.75 Å². The SMILES string of the molecule is O=C(NC(Cc1cnc[nH]1)C(=O)N[C@@H](CC1CCCCC1)[C@@H](O)CSC1CCCCC1)C(Cc1ccccc1)Cc1ccccc1. The first-order valence-corrected chi connectivity index (χ1v) is 18.5. The highest BCUT2D eigenvalue weighted by molar-refractivity contribution is 7.99. The number of hydrogen-bond acceptors (Lipinski definition) is 5. The molecule has 8 heteroatoms. The van der Waals surface area contributed by atoms with Crippen LogP contribution in [-0.2, 0) is 28.9 Å². The molecule has 1 heterocycles. The Kier molecular flexibility index (Phi) is 13.6. The van der Waals surface area contributed by atoms with E-state index in [0.717, 1.165) is 36.1 Å². The molecule has 5 rings (SSSR count). The second-order valence-electron chi connectivity index (χ2n) is 13.4. The van der Waals surface area contributed by atoms with Gasteiger partial charge in [-0.15, -0.1) is 0 Å². The van der Waals surface area contributed by atoms with E-state index in [9.17, 15) is 14.7 Å². The van der Waals surface area contributed by atoms with Crippen LogP contribution >= 0.6 is 11.8 Å². The quantitative estimate of drug-likeness (QED) is 0.144. The Hall–Kier alpha value is -3.10. The fourth-order valence-electron chi connectivity index (χ4n) is 7.13. The predicted molar refractivity (Wildman–Crippen MR) is 186 cm³/mol. The van der Waals surface area contributed by atoms with Crippen LogP contribution in [0, 0.1) is 11.8 Å². The van der Waals surface area contributed by atoms with Crippen molar-refractivity contribution in [2.24, 2.45) is 11.8 Å². The summed E-state index contributed by atoms with van der Waals surface area (Å²) in [6.07, 6.45) is 17.1. The molecule has 0 radical (unpaired) electrons. The molecule has 7 nitrogen and oxygen atoms in total. The van der Waals surface area contributed by atoms with Crippen LogP contribution in [0.2, 0.25) is 0 Å². The Morgan fingerprint density at radius 3 is 2.00 bits per heavy atom. The lowest BCUT2D eigenvalue weighted by atomic mass is 9.83. The van der Waals surface area contributed by atoms with Crippen LogP contribution in [0.3, 0.4) is 0 Å². The standard InChI is InChI=1S/C38H52N4O3S/c43-36(26-46-33-19-11-4-12-20-33)34(23-30-17-9-3-10-18-30)41-38(45)35(24-32-25-39-27-40-32)42-37(44)31(21-28-13-5-1-6-14-28)22-29-15-7-2-8-16-29/h1-2,5-8,13-16,25,27,30-31,33-36,43H,3-4,9-12,17-24,26H2,(H,39,40)(H,41,45)(H,42,44)/t34-,35?,36-/m0/s1. The fourth-order valence-corrected chi connectivity index (χ4v) is 8.50. The monoisotopic (exact) mass is 644 g/mol. The van der Waals surface area contributed by atoms with Gasteiger partial charge in [-0.05, 0) is 49.1 Å². The maximum absolute atomic E-state index is 14.1. The van der Waals surface area contributed by atoms with E-state index in [1.165, 1.54) is 51.4 Å². The molecule has 3 atom stereocenters. The first kappa shape index (κ1) is 34.2. The minimum atomic E-state index is -0.797. The molecule has 2 aliphatic rings. The van der Waals surface area contributed by atoms with Crippen molar-refractivity contribution >= 4 is 23.6 Å². The first-order chi connectivity index (χ1) is 22.5. The third-order valence-corrected chi connectivity index (χ3v) is 11.3. The van der Waals surface area contributed by atoms with Gasteiger partial charge in [0.15, 0.2) is 0 Å². The number of H-pyrrole nitrogens is 1. The number of nitrogens with zero attached hydrogens (tertiary/aromatic N) is 1. The summed E-state index contributed by atoms with van der Waals surface area (Å²) in [5.41, 5.74) is 2.94. The molecule has 46 heavy (non-hydrogen) atoms. The summed E-state index contributed by atoms with van der Waals surface area (Å²) in [5, 5.41) is 18.5. The van der Waals surface area contributed by atoms with Crippen molar-refractivity contribution in [1.82, 2.24) is 20.6 Å². The zero-order chi connectivity index (χ0) is 32.0. The summed E-state index contributed by atoms with van der Waals surface area (Å²) >= 11 is 1.87. The largest absolute Gasteiger partial charge is 0.390 e. The van der Waals surface area contributed by atoms with Crippen LogP contribution in [0.4, 0.5) is 0 Å². The number of aromatic amines is 1. The van der Waals surface area contributed by atoms with Gasteiger partial charge < -0.3 is 20.7 Å². The van der Waals surface area contributed by atoms with Crippen LogP contribution < -0.4 is 10.6 Å². The van der Waals surface area contributed by atoms with Crippen molar-refractivity contribution in [3.8, 4) is 0 Å². The molecule has 1 unspecified atom stereocenters. The maximum Gasteiger partial charge on any atom is 0.243 e. The normalized spacial score (nSPS) is 18.1. The maximum atomic E-state index is 14.1. The smallest absolute Gasteiger partial charge is 0.243 e. The molecule has 2 aromatic carbocycles. The third kappa shape index (κ3) is 11.0. The predicted octanol–water partition coefficient (Wildman–Crippen LogP) is 6.42. The van der Waals surface area contributed by atoms with Gasteiger partial charge in [0.25, 0.3) is 0 Å². The molecule has 2 saturated carbocycles. The average Bonchev–Trinajstić information content (AvgIpc) is 3.61. The summed E-state index contributed by atoms with van der Waals surface area (Å²) in [6, 6.07) is 19.0. The van der Waals surface area contributed by atoms with E-state index in [1.54, 1.807) is 12.5 Å². The number of aliphatic hydroxyl groups is 1. The van der Waals surface area contributed by atoms with E-state index in [4.69, 9.17) is 0 Å². The number of aromatic nitrogens is 2. The lowest BCUT2D eigenvalue weighted by molar-refractivity contribution is -0.132. The van der Waals surface area contributed by atoms with E-state index in [2.05, 4.69) is 20.6 Å². The van der Waals surface area contributed by atoms with Gasteiger partial charge in [0.05, 0.1) is 18.5 Å². The van der Waals surface area contributed by atoms with Crippen molar-refractivity contribution in [3.05, 3.63) is 90.0 Å². The number of hydrogen-bond donors (Lipinski definition) is 4. The molecule has 4 N–H and O–H groups in total.